The van der Waals surface area contributed by atoms with Gasteiger partial charge in [-0.05, 0) is 11.5 Å². The molecule has 0 bridgehead atoms. The van der Waals surface area contributed by atoms with Gasteiger partial charge in [0, 0.05) is 5.52 Å². The zero-order valence-corrected chi connectivity index (χ0v) is 38.9. The number of fused-ring (bicyclic) bond motifs is 4. The predicted molar refractivity (Wildman–Crippen MR) is 278 cm³/mol. The number of hydrogen-bond acceptors (Lipinski definition) is 3. The normalized spacial score (nSPS) is 13.6. The Bertz CT molecular complexity index is 4300. The molecule has 69 heavy (non-hydrogen) atoms. The van der Waals surface area contributed by atoms with Crippen LogP contribution >= 0.6 is 0 Å². The van der Waals surface area contributed by atoms with Crippen molar-refractivity contribution in [3.63, 3.8) is 0 Å². The number of hydrogen-bond donors (Lipinski definition) is 0. The van der Waals surface area contributed by atoms with Crippen molar-refractivity contribution in [1.82, 2.24) is 18.6 Å². The van der Waals surface area contributed by atoms with Crippen LogP contribution in [0.15, 0.2) is 224 Å². The first-order valence-corrected chi connectivity index (χ1v) is 23.7. The van der Waals surface area contributed by atoms with Gasteiger partial charge in [0.25, 0.3) is 0 Å². The molecule has 12 aromatic rings. The summed E-state index contributed by atoms with van der Waals surface area (Å²) in [6.45, 7) is -2.75. The van der Waals surface area contributed by atoms with Crippen molar-refractivity contribution in [2.24, 2.45) is 0 Å². The fourth-order valence-corrected chi connectivity index (χ4v) is 11.0. The van der Waals surface area contributed by atoms with E-state index in [2.05, 4.69) is 106 Å². The number of benzene rings is 9. The van der Waals surface area contributed by atoms with Crippen molar-refractivity contribution in [3.05, 3.63) is 246 Å². The van der Waals surface area contributed by atoms with Gasteiger partial charge in [0.1, 0.15) is 0 Å². The van der Waals surface area contributed by atoms with E-state index >= 15 is 0 Å². The summed E-state index contributed by atoms with van der Waals surface area (Å²) in [6.07, 6.45) is 0. The van der Waals surface area contributed by atoms with E-state index in [-0.39, 0.29) is 48.0 Å². The van der Waals surface area contributed by atoms with Gasteiger partial charge in [-0.15, -0.1) is 5.39 Å². The van der Waals surface area contributed by atoms with Crippen LogP contribution in [0.3, 0.4) is 0 Å². The Kier molecular flexibility index (Phi) is 8.52. The predicted octanol–water partition coefficient (Wildman–Crippen LogP) is 14.1. The van der Waals surface area contributed by atoms with E-state index in [9.17, 15) is 4.11 Å². The molecule has 0 atom stereocenters. The second kappa shape index (κ2) is 16.8. The number of imidazole rings is 1. The third-order valence-electron chi connectivity index (χ3n) is 12.9. The third kappa shape index (κ3) is 6.92. The summed E-state index contributed by atoms with van der Waals surface area (Å²) in [5, 5.41) is 2.26. The molecule has 0 N–H and O–H groups in total. The molecular weight excluding hydrogens is 1020 g/mol. The maximum absolute atomic E-state index is 9.49. The summed E-state index contributed by atoms with van der Waals surface area (Å²) in [7, 11) is 0. The summed E-state index contributed by atoms with van der Waals surface area (Å²) >= 11 is 2.24. The monoisotopic (exact) mass is 1070 g/mol. The van der Waals surface area contributed by atoms with Crippen LogP contribution in [0, 0.1) is 22.8 Å². The molecule has 13 rings (SSSR count). The number of nitrogens with zero attached hydrogens (tertiary/aromatic N) is 5. The Morgan fingerprint density at radius 2 is 1.26 bits per heavy atom. The summed E-state index contributed by atoms with van der Waals surface area (Å²) in [5.41, 5.74) is 11.5. The van der Waals surface area contributed by atoms with Gasteiger partial charge in [0.15, 0.2) is 0 Å². The summed E-state index contributed by atoms with van der Waals surface area (Å²) in [6, 6.07) is 73.4. The molecule has 9 aromatic carbocycles. The minimum atomic E-state index is -2.44. The summed E-state index contributed by atoms with van der Waals surface area (Å²) in [4.78, 5) is 7.25. The molecule has 0 saturated carbocycles. The van der Waals surface area contributed by atoms with Crippen LogP contribution in [0.2, 0.25) is 0 Å². The van der Waals surface area contributed by atoms with Crippen LogP contribution in [-0.2, 0) is 19.4 Å². The number of anilines is 2. The van der Waals surface area contributed by atoms with Crippen LogP contribution in [-0.4, -0.2) is 25.6 Å². The van der Waals surface area contributed by atoms with E-state index in [0.29, 0.717) is 26.3 Å². The molecule has 6 nitrogen and oxygen atoms in total. The number of rotatable bonds is 9. The van der Waals surface area contributed by atoms with Crippen molar-refractivity contribution in [2.45, 2.75) is 6.85 Å². The van der Waals surface area contributed by atoms with Crippen molar-refractivity contribution in [1.29, 1.82) is 0 Å². The molecule has 4 heterocycles. The topological polar surface area (TPSA) is 40.1 Å². The first-order chi connectivity index (χ1) is 36.5. The fourth-order valence-electron chi connectivity index (χ4n) is 9.96. The van der Waals surface area contributed by atoms with Gasteiger partial charge in [-0.1, -0.05) is 48.5 Å². The maximum atomic E-state index is 9.49. The Hall–Kier alpha value is -8.25. The molecule has 330 valence electrons. The first kappa shape index (κ1) is 35.0. The summed E-state index contributed by atoms with van der Waals surface area (Å²) in [5.74, 6) is 0.685. The van der Waals surface area contributed by atoms with Crippen molar-refractivity contribution < 1.29 is 32.3 Å². The molecule has 3 aromatic heterocycles. The second-order valence-corrected chi connectivity index (χ2v) is 17.9. The van der Waals surface area contributed by atoms with Crippen LogP contribution < -0.4 is 15.0 Å². The molecule has 0 fully saturated rings. The average Bonchev–Trinajstić information content (AvgIpc) is 4.24. The van der Waals surface area contributed by atoms with E-state index in [1.807, 2.05) is 132 Å². The molecule has 0 aliphatic carbocycles. The van der Waals surface area contributed by atoms with Crippen molar-refractivity contribution in [3.8, 4) is 56.4 Å². The van der Waals surface area contributed by atoms with Gasteiger partial charge in [0.2, 0.25) is 0 Å². The number of para-hydroxylation sites is 3. The zero-order valence-electron chi connectivity index (χ0n) is 42.7. The average molecular weight is 1070 g/mol. The zero-order chi connectivity index (χ0) is 51.1. The van der Waals surface area contributed by atoms with Gasteiger partial charge in [-0.25, -0.2) is 0 Å². The fraction of sp³-hybridized carbons (Fsp3) is 0.0164. The van der Waals surface area contributed by atoms with Gasteiger partial charge in [-0.2, -0.15) is 12.1 Å². The molecule has 0 spiro atoms. The Morgan fingerprint density at radius 1 is 0.609 bits per heavy atom. The minimum absolute atomic E-state index is 0.0755. The van der Waals surface area contributed by atoms with Crippen LogP contribution in [0.1, 0.15) is 13.8 Å². The Balaban J connectivity index is 0.976. The number of aromatic nitrogens is 4. The molecule has 0 saturated heterocycles. The van der Waals surface area contributed by atoms with Gasteiger partial charge in [-0.3, -0.25) is 0 Å². The van der Waals surface area contributed by atoms with Gasteiger partial charge < -0.3 is 0 Å². The van der Waals surface area contributed by atoms with E-state index in [1.54, 1.807) is 18.2 Å². The van der Waals surface area contributed by atoms with Crippen molar-refractivity contribution >= 4 is 56.8 Å². The van der Waals surface area contributed by atoms with Crippen LogP contribution in [0.25, 0.3) is 77.6 Å². The SMILES string of the molecule is [2H]c1c(Oc2cccc(N3B(c4ccccc4)n4c5ccccc5c5cc[c-]c3c54)n2)[c-]c(-n2[c](=[Pt])n(-c3c(-c4ccccc4)cc(C([2H])([2H])[2H])cc3-c3cccc(-c4ccccc4)c3)c3ccccc32)c([2H])c1[2H]. The Morgan fingerprint density at radius 3 is 2.04 bits per heavy atom. The van der Waals surface area contributed by atoms with E-state index in [0.717, 1.165) is 66.4 Å². The molecule has 0 radical (unpaired) electrons. The number of ether oxygens (including phenoxy) is 1. The molecule has 0 amide bonds. The molecule has 0 unspecified atom stereocenters. The Labute approximate surface area is 419 Å². The third-order valence-corrected chi connectivity index (χ3v) is 13.9. The van der Waals surface area contributed by atoms with E-state index in [1.165, 1.54) is 0 Å². The van der Waals surface area contributed by atoms with Gasteiger partial charge >= 0.3 is 339 Å². The molecule has 1 aliphatic heterocycles. The molecule has 8 heteroatoms. The van der Waals surface area contributed by atoms with E-state index in [4.69, 9.17) is 13.8 Å². The molecule has 1 aliphatic rings. The molecular formula is C61H40BN5OPt-2. The standard InChI is InChI=1S/C61H40BN5O.Pt/c1-42-37-52(44-21-7-3-8-22-44)60(53(38-42)46-24-15-23-45(39-46)43-19-5-2-6-20-43)65-41-64(55-32-13-14-33-56(55)65)48-27-16-28-49(40-48)68-59-36-18-35-58(63-59)66-57-34-17-30-51-50-29-11-12-31-54(50)67(61(51)57)62(66)47-25-9-4-10-26-47;/h2-33,35-39H,1H3;/q-2;/i1D3,16D,27D,28D;. The number of pyridine rings is 1. The second-order valence-electron chi connectivity index (χ2n) is 16.9. The van der Waals surface area contributed by atoms with Crippen LogP contribution in [0.4, 0.5) is 11.5 Å². The van der Waals surface area contributed by atoms with Crippen LogP contribution in [0.5, 0.6) is 11.6 Å². The summed E-state index contributed by atoms with van der Waals surface area (Å²) < 4.78 is 67.5. The van der Waals surface area contributed by atoms with Crippen molar-refractivity contribution in [2.75, 3.05) is 4.81 Å². The first-order valence-electron chi connectivity index (χ1n) is 25.6. The van der Waals surface area contributed by atoms with Gasteiger partial charge in [0.05, 0.1) is 0 Å². The van der Waals surface area contributed by atoms with E-state index < -0.39 is 6.85 Å². The number of aryl methyl sites for hydroxylation is 1. The quantitative estimate of drug-likeness (QED) is 0.107.